The van der Waals surface area contributed by atoms with E-state index >= 15 is 0 Å². The van der Waals surface area contributed by atoms with Crippen molar-refractivity contribution in [1.29, 1.82) is 0 Å². The minimum atomic E-state index is -4.57. The average molecular weight is 443 g/mol. The summed E-state index contributed by atoms with van der Waals surface area (Å²) in [6.45, 7) is 1.67. The highest BCUT2D eigenvalue weighted by molar-refractivity contribution is 6.32. The molecule has 1 aromatic carbocycles. The first-order valence-electron chi connectivity index (χ1n) is 8.45. The van der Waals surface area contributed by atoms with Crippen LogP contribution in [-0.2, 0) is 17.5 Å². The maximum absolute atomic E-state index is 13.1. The van der Waals surface area contributed by atoms with Crippen LogP contribution in [0.15, 0.2) is 36.7 Å². The van der Waals surface area contributed by atoms with Gasteiger partial charge in [0.15, 0.2) is 0 Å². The van der Waals surface area contributed by atoms with Gasteiger partial charge in [-0.1, -0.05) is 11.6 Å². The predicted octanol–water partition coefficient (Wildman–Crippen LogP) is 3.99. The first kappa shape index (κ1) is 21.3. The van der Waals surface area contributed by atoms with Crippen LogP contribution in [-0.4, -0.2) is 30.4 Å². The van der Waals surface area contributed by atoms with Crippen LogP contribution in [0.5, 0.6) is 0 Å². The van der Waals surface area contributed by atoms with E-state index in [1.165, 1.54) is 16.9 Å². The lowest BCUT2D eigenvalue weighted by atomic mass is 10.2. The van der Waals surface area contributed by atoms with Gasteiger partial charge in [0.05, 0.1) is 26.9 Å². The first-order chi connectivity index (χ1) is 14.0. The Hall–Kier alpha value is -3.41. The molecule has 13 heteroatoms. The maximum Gasteiger partial charge on any atom is 0.416 e. The number of alkyl halides is 3. The van der Waals surface area contributed by atoms with Crippen LogP contribution in [0, 0.1) is 17.0 Å². The SMILES string of the molecule is Cc1cc(NC(=O)CCn2cc([N+](=O)[O-])cn2)n(-c2cc(C(F)(F)F)ccc2Cl)n1. The second-order valence-corrected chi connectivity index (χ2v) is 6.67. The Balaban J connectivity index is 1.78. The largest absolute Gasteiger partial charge is 0.416 e. The van der Waals surface area contributed by atoms with Crippen molar-refractivity contribution in [2.24, 2.45) is 0 Å². The molecule has 1 N–H and O–H groups in total. The van der Waals surface area contributed by atoms with E-state index in [9.17, 15) is 28.1 Å². The minimum Gasteiger partial charge on any atom is -0.311 e. The number of hydrogen-bond donors (Lipinski definition) is 1. The zero-order valence-electron chi connectivity index (χ0n) is 15.4. The molecule has 0 fully saturated rings. The highest BCUT2D eigenvalue weighted by Crippen LogP contribution is 2.34. The summed E-state index contributed by atoms with van der Waals surface area (Å²) >= 11 is 6.06. The van der Waals surface area contributed by atoms with Crippen molar-refractivity contribution in [3.8, 4) is 5.69 Å². The monoisotopic (exact) mass is 442 g/mol. The number of nitro groups is 1. The molecule has 3 rings (SSSR count). The number of aromatic nitrogens is 4. The number of nitrogens with one attached hydrogen (secondary N) is 1. The molecular weight excluding hydrogens is 429 g/mol. The number of rotatable bonds is 6. The van der Waals surface area contributed by atoms with Crippen LogP contribution in [0.4, 0.5) is 24.7 Å². The number of amides is 1. The lowest BCUT2D eigenvalue weighted by Crippen LogP contribution is -2.17. The molecule has 0 saturated heterocycles. The number of hydrogen-bond acceptors (Lipinski definition) is 5. The van der Waals surface area contributed by atoms with Gasteiger partial charge in [-0.2, -0.15) is 23.4 Å². The van der Waals surface area contributed by atoms with Gasteiger partial charge in [-0.15, -0.1) is 0 Å². The lowest BCUT2D eigenvalue weighted by molar-refractivity contribution is -0.385. The smallest absolute Gasteiger partial charge is 0.311 e. The van der Waals surface area contributed by atoms with Crippen molar-refractivity contribution in [2.45, 2.75) is 26.1 Å². The average Bonchev–Trinajstić information content (AvgIpc) is 3.26. The summed E-state index contributed by atoms with van der Waals surface area (Å²) in [7, 11) is 0. The molecule has 0 atom stereocenters. The second-order valence-electron chi connectivity index (χ2n) is 6.26. The molecule has 2 heterocycles. The van der Waals surface area contributed by atoms with E-state index in [0.717, 1.165) is 29.1 Å². The van der Waals surface area contributed by atoms with Crippen LogP contribution in [0.1, 0.15) is 17.7 Å². The van der Waals surface area contributed by atoms with Gasteiger partial charge in [0.25, 0.3) is 0 Å². The predicted molar refractivity (Wildman–Crippen MR) is 100 cm³/mol. The van der Waals surface area contributed by atoms with Gasteiger partial charge in [0.2, 0.25) is 5.91 Å². The fourth-order valence-electron chi connectivity index (χ4n) is 2.61. The van der Waals surface area contributed by atoms with Gasteiger partial charge in [-0.3, -0.25) is 19.6 Å². The van der Waals surface area contributed by atoms with Crippen molar-refractivity contribution in [1.82, 2.24) is 19.6 Å². The third kappa shape index (κ3) is 4.76. The lowest BCUT2D eigenvalue weighted by Gasteiger charge is -2.13. The summed E-state index contributed by atoms with van der Waals surface area (Å²) < 4.78 is 41.5. The van der Waals surface area contributed by atoms with Gasteiger partial charge in [0.1, 0.15) is 18.2 Å². The quantitative estimate of drug-likeness (QED) is 0.458. The van der Waals surface area contributed by atoms with Crippen molar-refractivity contribution in [3.05, 3.63) is 63.1 Å². The molecule has 0 saturated carbocycles. The van der Waals surface area contributed by atoms with E-state index in [0.29, 0.717) is 5.69 Å². The Bertz CT molecular complexity index is 1110. The summed E-state index contributed by atoms with van der Waals surface area (Å²) in [6.07, 6.45) is -2.41. The molecule has 0 aliphatic carbocycles. The van der Waals surface area contributed by atoms with Crippen LogP contribution in [0.25, 0.3) is 5.69 Å². The van der Waals surface area contributed by atoms with Gasteiger partial charge in [-0.05, 0) is 25.1 Å². The molecule has 0 aliphatic rings. The molecule has 0 radical (unpaired) electrons. The number of aryl methyl sites for hydroxylation is 2. The zero-order chi connectivity index (χ0) is 22.1. The normalized spacial score (nSPS) is 11.5. The molecule has 1 amide bonds. The molecule has 3 aromatic rings. The molecule has 30 heavy (non-hydrogen) atoms. The van der Waals surface area contributed by atoms with Crippen LogP contribution in [0.2, 0.25) is 5.02 Å². The Morgan fingerprint density at radius 3 is 2.70 bits per heavy atom. The summed E-state index contributed by atoms with van der Waals surface area (Å²) in [5, 5.41) is 21.1. The van der Waals surface area contributed by atoms with Gasteiger partial charge in [0, 0.05) is 19.0 Å². The Labute approximate surface area is 172 Å². The third-order valence-corrected chi connectivity index (χ3v) is 4.32. The number of carbonyl (C=O) groups is 1. The number of anilines is 1. The minimum absolute atomic E-state index is 0.0189. The van der Waals surface area contributed by atoms with Crippen LogP contribution in [0.3, 0.4) is 0 Å². The standard InChI is InChI=1S/C17H14ClF3N6O3/c1-10-6-15(23-16(28)4-5-25-9-12(8-22-25)27(29)30)26(24-10)14-7-11(17(19,20)21)2-3-13(14)18/h2-3,6-9H,4-5H2,1H3,(H,23,28). The molecule has 158 valence electrons. The molecule has 9 nitrogen and oxygen atoms in total. The Morgan fingerprint density at radius 1 is 1.33 bits per heavy atom. The molecular formula is C17H14ClF3N6O3. The van der Waals surface area contributed by atoms with E-state index in [-0.39, 0.29) is 35.2 Å². The number of benzene rings is 1. The van der Waals surface area contributed by atoms with E-state index in [1.54, 1.807) is 6.92 Å². The van der Waals surface area contributed by atoms with E-state index in [4.69, 9.17) is 11.6 Å². The Kier molecular flexibility index (Phi) is 5.78. The fourth-order valence-corrected chi connectivity index (χ4v) is 2.81. The number of halogens is 4. The molecule has 0 unspecified atom stereocenters. The summed E-state index contributed by atoms with van der Waals surface area (Å²) in [5.74, 6) is -0.359. The van der Waals surface area contributed by atoms with Crippen LogP contribution < -0.4 is 5.32 Å². The second kappa shape index (κ2) is 8.14. The fraction of sp³-hybridized carbons (Fsp3) is 0.235. The maximum atomic E-state index is 13.1. The topological polar surface area (TPSA) is 108 Å². The van der Waals surface area contributed by atoms with Gasteiger partial charge < -0.3 is 5.32 Å². The summed E-state index contributed by atoms with van der Waals surface area (Å²) in [4.78, 5) is 22.3. The summed E-state index contributed by atoms with van der Waals surface area (Å²) in [6, 6.07) is 4.28. The zero-order valence-corrected chi connectivity index (χ0v) is 16.1. The van der Waals surface area contributed by atoms with Gasteiger partial charge >= 0.3 is 11.9 Å². The van der Waals surface area contributed by atoms with Crippen molar-refractivity contribution in [2.75, 3.05) is 5.32 Å². The molecule has 0 aliphatic heterocycles. The van der Waals surface area contributed by atoms with E-state index < -0.39 is 22.6 Å². The highest BCUT2D eigenvalue weighted by atomic mass is 35.5. The van der Waals surface area contributed by atoms with Crippen molar-refractivity contribution in [3.63, 3.8) is 0 Å². The van der Waals surface area contributed by atoms with E-state index in [2.05, 4.69) is 15.5 Å². The first-order valence-corrected chi connectivity index (χ1v) is 8.83. The number of nitrogens with zero attached hydrogens (tertiary/aromatic N) is 5. The molecule has 0 spiro atoms. The number of carbonyl (C=O) groups excluding carboxylic acids is 1. The highest BCUT2D eigenvalue weighted by Gasteiger charge is 2.31. The van der Waals surface area contributed by atoms with Crippen LogP contribution >= 0.6 is 11.6 Å². The molecule has 0 bridgehead atoms. The Morgan fingerprint density at radius 2 is 2.07 bits per heavy atom. The third-order valence-electron chi connectivity index (χ3n) is 4.00. The van der Waals surface area contributed by atoms with Crippen molar-refractivity contribution < 1.29 is 22.9 Å². The van der Waals surface area contributed by atoms with Crippen molar-refractivity contribution >= 4 is 29.0 Å². The van der Waals surface area contributed by atoms with Gasteiger partial charge in [-0.25, -0.2) is 4.68 Å². The molecule has 2 aromatic heterocycles. The van der Waals surface area contributed by atoms with E-state index in [1.807, 2.05) is 0 Å². The summed E-state index contributed by atoms with van der Waals surface area (Å²) in [5.41, 5.74) is -0.713.